The maximum atomic E-state index is 13.0. The molecule has 730 valence electrons. The van der Waals surface area contributed by atoms with Gasteiger partial charge in [0.25, 0.3) is 5.91 Å². The Bertz CT molecular complexity index is 5260. The van der Waals surface area contributed by atoms with Crippen molar-refractivity contribution in [3.05, 3.63) is 149 Å². The average molecular weight is 1920 g/mol. The van der Waals surface area contributed by atoms with E-state index in [1.165, 1.54) is 6.34 Å². The van der Waals surface area contributed by atoms with Crippen molar-refractivity contribution >= 4 is 83.0 Å². The summed E-state index contributed by atoms with van der Waals surface area (Å²) < 4.78 is 55.3. The van der Waals surface area contributed by atoms with Crippen LogP contribution in [0.2, 0.25) is 20.1 Å². The number of piperidine rings is 4. The maximum absolute atomic E-state index is 13.0. The van der Waals surface area contributed by atoms with Gasteiger partial charge in [-0.15, -0.1) is 0 Å². The maximum Gasteiger partial charge on any atom is 0.410 e. The number of amides is 5. The number of aromatic nitrogens is 13. The first-order valence-electron chi connectivity index (χ1n) is 46.0. The molecule has 4 fully saturated rings. The van der Waals surface area contributed by atoms with Crippen LogP contribution in [0, 0.1) is 33.1 Å². The lowest BCUT2D eigenvalue weighted by Gasteiger charge is -2.40. The van der Waals surface area contributed by atoms with Crippen molar-refractivity contribution in [3.63, 3.8) is 0 Å². The molecule has 36 heteroatoms. The average Bonchev–Trinajstić information content (AvgIpc) is 1.58. The highest BCUT2D eigenvalue weighted by molar-refractivity contribution is 6.32. The van der Waals surface area contributed by atoms with Gasteiger partial charge >= 0.3 is 24.4 Å². The van der Waals surface area contributed by atoms with Crippen molar-refractivity contribution in [2.24, 2.45) is 10.4 Å². The smallest absolute Gasteiger partial charge is 0.410 e. The molecule has 5 amide bonds. The summed E-state index contributed by atoms with van der Waals surface area (Å²) in [6, 6.07) is 7.83. The van der Waals surface area contributed by atoms with E-state index in [9.17, 15) is 24.0 Å². The molecule has 0 saturated carbocycles. The first kappa shape index (κ1) is 105. The van der Waals surface area contributed by atoms with Crippen LogP contribution in [-0.4, -0.2) is 214 Å². The normalized spacial score (nSPS) is 20.1. The van der Waals surface area contributed by atoms with Gasteiger partial charge in [-0.3, -0.25) is 29.4 Å². The third-order valence-electron chi connectivity index (χ3n) is 25.8. The zero-order chi connectivity index (χ0) is 97.3. The molecule has 32 nitrogen and oxygen atoms in total. The van der Waals surface area contributed by atoms with E-state index in [-0.39, 0.29) is 56.0 Å². The van der Waals surface area contributed by atoms with Crippen molar-refractivity contribution < 1.29 is 61.9 Å². The molecule has 0 aromatic carbocycles. The van der Waals surface area contributed by atoms with Gasteiger partial charge in [0.2, 0.25) is 0 Å². The van der Waals surface area contributed by atoms with Gasteiger partial charge in [-0.1, -0.05) is 53.8 Å². The van der Waals surface area contributed by atoms with Crippen LogP contribution >= 0.6 is 46.4 Å². The second-order valence-corrected chi connectivity index (χ2v) is 44.1. The molecule has 0 radical (unpaired) electrons. The van der Waals surface area contributed by atoms with Gasteiger partial charge in [0, 0.05) is 108 Å². The summed E-state index contributed by atoms with van der Waals surface area (Å²) in [6.07, 6.45) is 8.71. The molecular formula is C97H141Cl4N19O13. The number of carbonyl (C=O) groups is 5. The number of aryl methyl sites for hydroxylation is 7. The molecule has 7 aromatic heterocycles. The summed E-state index contributed by atoms with van der Waals surface area (Å²) in [4.78, 5) is 110. The Morgan fingerprint density at radius 3 is 0.932 bits per heavy atom. The molecule has 7 aromatic rings. The second-order valence-electron chi connectivity index (χ2n) is 42.4. The molecular weight excluding hydrogens is 1780 g/mol. The molecule has 4 unspecified atom stereocenters. The number of pyridine rings is 4. The van der Waals surface area contributed by atoms with Crippen molar-refractivity contribution in [3.8, 4) is 0 Å². The van der Waals surface area contributed by atoms with Crippen LogP contribution in [0.5, 0.6) is 0 Å². The summed E-state index contributed by atoms with van der Waals surface area (Å²) in [6.45, 7) is 58.9. The molecule has 0 N–H and O–H groups in total. The molecule has 4 spiro atoms. The van der Waals surface area contributed by atoms with Gasteiger partial charge in [0.15, 0.2) is 5.82 Å². The Morgan fingerprint density at radius 2 is 0.684 bits per heavy atom. The number of ether oxygens (including phenoxy) is 8. The Hall–Kier alpha value is -8.76. The predicted octanol–water partition coefficient (Wildman–Crippen LogP) is 19.9. The fourth-order valence-electron chi connectivity index (χ4n) is 18.6. The first-order valence-corrected chi connectivity index (χ1v) is 47.5. The van der Waals surface area contributed by atoms with Crippen molar-refractivity contribution in [1.82, 2.24) is 88.7 Å². The number of hydrogen-bond acceptors (Lipinski definition) is 23. The molecule has 4 atom stereocenters. The van der Waals surface area contributed by atoms with E-state index >= 15 is 0 Å². The number of hydrogen-bond donors (Lipinski definition) is 0. The molecule has 0 aliphatic carbocycles. The van der Waals surface area contributed by atoms with Crippen LogP contribution < -0.4 is 0 Å². The van der Waals surface area contributed by atoms with Crippen LogP contribution in [-0.2, 0) is 101 Å². The number of carbonyl (C=O) groups excluding carboxylic acids is 5. The van der Waals surface area contributed by atoms with E-state index in [2.05, 4.69) is 76.8 Å². The van der Waals surface area contributed by atoms with Gasteiger partial charge < -0.3 is 62.4 Å². The van der Waals surface area contributed by atoms with Gasteiger partial charge in [-0.2, -0.15) is 15.3 Å². The zero-order valence-corrected chi connectivity index (χ0v) is 85.7. The Balaban J connectivity index is 0.000000170. The monoisotopic (exact) mass is 1920 g/mol. The van der Waals surface area contributed by atoms with Crippen LogP contribution in [0.15, 0.2) is 48.2 Å². The molecule has 8 aliphatic rings. The first-order chi connectivity index (χ1) is 61.3. The minimum absolute atomic E-state index is 0. The predicted molar refractivity (Wildman–Crippen MR) is 510 cm³/mol. The Morgan fingerprint density at radius 1 is 0.421 bits per heavy atom. The van der Waals surface area contributed by atoms with E-state index in [0.717, 1.165) is 99.2 Å². The third-order valence-corrected chi connectivity index (χ3v) is 27.4. The van der Waals surface area contributed by atoms with Crippen LogP contribution in [0.4, 0.5) is 19.2 Å². The van der Waals surface area contributed by atoms with Crippen LogP contribution in [0.25, 0.3) is 0 Å². The minimum Gasteiger partial charge on any atom is -0.444 e. The van der Waals surface area contributed by atoms with Gasteiger partial charge in [0.05, 0.1) is 118 Å². The summed E-state index contributed by atoms with van der Waals surface area (Å²) in [5, 5.41) is 15.8. The highest BCUT2D eigenvalue weighted by Crippen LogP contribution is 2.60. The summed E-state index contributed by atoms with van der Waals surface area (Å²) in [5.41, 5.74) is 3.46. The van der Waals surface area contributed by atoms with Crippen LogP contribution in [0.3, 0.4) is 0 Å². The fraction of sp³-hybridized carbons (Fsp3) is 0.670. The molecule has 0 bridgehead atoms. The van der Waals surface area contributed by atoms with Crippen molar-refractivity contribution in [2.45, 2.75) is 351 Å². The van der Waals surface area contributed by atoms with Crippen molar-refractivity contribution in [1.29, 1.82) is 0 Å². The number of nitrogens with zero attached hydrogens (tertiary/aromatic N) is 19. The molecule has 15 rings (SSSR count). The Kier molecular flexibility index (Phi) is 30.7. The number of rotatable bonds is 12. The lowest BCUT2D eigenvalue weighted by atomic mass is 9.80. The van der Waals surface area contributed by atoms with Crippen LogP contribution in [0.1, 0.15) is 328 Å². The molecule has 15 heterocycles. The minimum atomic E-state index is -0.937. The standard InChI is InChI=1S/3C24H34ClN5O3.C24H35ClN4O4.CH4/c1-8-30-14-26-20(28-30)23(6,7)19-16-13-17(25)15(2)27-18(16)24(32-19)9-11-29(12-10-24)21(31)33-22(3,4)5;2*1-8-30-20(26-14-27-30)23(6,7)19-16-13-17(25)15(2)28-18(16)24(32-19)9-11-29(12-10-24)21(31)33-22(3,4)5;1-15-17(25)13-16-18(27-15)24(9-11-29(12-10-24)21(31)33-22(2,3)4)32-19(16)23(5,6)20(30)26-14-28(7)8;/h3*13-14,19H,8-12H2,1-7H3;13-14,19H,9-12H2,1-8H3;1H4. The molecule has 4 saturated heterocycles. The second kappa shape index (κ2) is 39.0. The van der Waals surface area contributed by atoms with Crippen molar-refractivity contribution in [2.75, 3.05) is 66.5 Å². The number of likely N-dealkylation sites (tertiary alicyclic amines) is 4. The topological polar surface area (TPSA) is 331 Å². The summed E-state index contributed by atoms with van der Waals surface area (Å²) in [5.74, 6) is 2.16. The number of fused-ring (bicyclic) bond motifs is 8. The quantitative estimate of drug-likeness (QED) is 0.0623. The Labute approximate surface area is 805 Å². The number of halogens is 4. The number of aliphatic imine (C=N–C) groups is 1. The SMILES string of the molecule is C.CCn1cnc(C(C)(C)C2OC3(CCN(C(=O)OC(C)(C)C)CC3)c3nc(C)c(Cl)cc32)n1.CCn1ncnc1C(C)(C)C1OC2(CCN(C(=O)OC(C)(C)C)CC2)c2nc(C)c(Cl)cc21.CCn1ncnc1C(C)(C)C1OC2(CCN(C(=O)OC(C)(C)C)CC2)c2nc(C)c(Cl)cc21.Cc1nc2c(cc1Cl)C(C(C)(C)C(=O)N=CN(C)C)OC21CCN(C(=O)OC(C)(C)C)CC1. The van der Waals surface area contributed by atoms with E-state index < -0.39 is 72.6 Å². The largest absolute Gasteiger partial charge is 0.444 e. The van der Waals surface area contributed by atoms with Gasteiger partial charge in [-0.05, 0) is 263 Å². The van der Waals surface area contributed by atoms with E-state index in [1.54, 1.807) is 43.5 Å². The highest BCUT2D eigenvalue weighted by atomic mass is 35.5. The highest BCUT2D eigenvalue weighted by Gasteiger charge is 2.60. The van der Waals surface area contributed by atoms with Gasteiger partial charge in [-0.25, -0.2) is 48.5 Å². The summed E-state index contributed by atoms with van der Waals surface area (Å²) >= 11 is 26.0. The van der Waals surface area contributed by atoms with E-state index in [1.807, 2.05) is 198 Å². The van der Waals surface area contributed by atoms with E-state index in [0.29, 0.717) is 130 Å². The third kappa shape index (κ3) is 22.0. The summed E-state index contributed by atoms with van der Waals surface area (Å²) in [7, 11) is 3.62. The molecule has 8 aliphatic heterocycles. The lowest BCUT2D eigenvalue weighted by molar-refractivity contribution is -0.158. The van der Waals surface area contributed by atoms with Gasteiger partial charge in [0.1, 0.15) is 75.4 Å². The molecule has 133 heavy (non-hydrogen) atoms. The fourth-order valence-corrected chi connectivity index (χ4v) is 19.3. The van der Waals surface area contributed by atoms with E-state index in [4.69, 9.17) is 104 Å². The lowest BCUT2D eigenvalue weighted by Crippen LogP contribution is -2.47. The zero-order valence-electron chi connectivity index (χ0n) is 82.7.